The third-order valence-corrected chi connectivity index (χ3v) is 4.05. The second kappa shape index (κ2) is 4.78. The molecule has 1 atom stereocenters. The molecule has 16 heavy (non-hydrogen) atoms. The molecule has 2 aromatic rings. The SMILES string of the molecule is NC(Cc1ccc(-c2ccsc2)s1)C(=O)O. The van der Waals surface area contributed by atoms with Crippen LogP contribution >= 0.6 is 22.7 Å². The zero-order valence-electron chi connectivity index (χ0n) is 8.42. The highest BCUT2D eigenvalue weighted by atomic mass is 32.1. The van der Waals surface area contributed by atoms with Gasteiger partial charge in [-0.2, -0.15) is 11.3 Å². The second-order valence-electron chi connectivity index (χ2n) is 3.43. The molecule has 0 saturated heterocycles. The maximum atomic E-state index is 10.6. The van der Waals surface area contributed by atoms with Gasteiger partial charge in [0.1, 0.15) is 6.04 Å². The van der Waals surface area contributed by atoms with Gasteiger partial charge in [0.2, 0.25) is 0 Å². The Labute approximate surface area is 101 Å². The lowest BCUT2D eigenvalue weighted by Gasteiger charge is -2.02. The Morgan fingerprint density at radius 2 is 2.25 bits per heavy atom. The molecule has 3 N–H and O–H groups in total. The molecule has 0 aromatic carbocycles. The minimum absolute atomic E-state index is 0.393. The number of hydrogen-bond acceptors (Lipinski definition) is 4. The molecule has 0 fully saturated rings. The number of nitrogens with two attached hydrogens (primary N) is 1. The van der Waals surface area contributed by atoms with Crippen LogP contribution in [0.5, 0.6) is 0 Å². The summed E-state index contributed by atoms with van der Waals surface area (Å²) in [6.07, 6.45) is 0.393. The molecule has 3 nitrogen and oxygen atoms in total. The molecular weight excluding hydrogens is 242 g/mol. The Morgan fingerprint density at radius 1 is 1.44 bits per heavy atom. The van der Waals surface area contributed by atoms with Crippen LogP contribution in [-0.4, -0.2) is 17.1 Å². The number of hydrogen-bond donors (Lipinski definition) is 2. The van der Waals surface area contributed by atoms with Gasteiger partial charge in [-0.3, -0.25) is 4.79 Å². The lowest BCUT2D eigenvalue weighted by molar-refractivity contribution is -0.138. The summed E-state index contributed by atoms with van der Waals surface area (Å²) in [4.78, 5) is 12.8. The molecule has 0 saturated carbocycles. The van der Waals surface area contributed by atoms with Gasteiger partial charge in [0.25, 0.3) is 0 Å². The Balaban J connectivity index is 2.11. The summed E-state index contributed by atoms with van der Waals surface area (Å²) < 4.78 is 0. The smallest absolute Gasteiger partial charge is 0.320 e. The van der Waals surface area contributed by atoms with Crippen molar-refractivity contribution in [2.24, 2.45) is 5.73 Å². The van der Waals surface area contributed by atoms with Gasteiger partial charge in [0, 0.05) is 21.7 Å². The van der Waals surface area contributed by atoms with Gasteiger partial charge in [-0.1, -0.05) is 0 Å². The average Bonchev–Trinajstić information content (AvgIpc) is 2.85. The first kappa shape index (κ1) is 11.3. The van der Waals surface area contributed by atoms with E-state index >= 15 is 0 Å². The summed E-state index contributed by atoms with van der Waals surface area (Å²) in [6, 6.07) is 5.20. The molecule has 0 radical (unpaired) electrons. The van der Waals surface area contributed by atoms with Gasteiger partial charge in [-0.25, -0.2) is 0 Å². The van der Waals surface area contributed by atoms with Crippen LogP contribution in [-0.2, 0) is 11.2 Å². The first-order valence-corrected chi connectivity index (χ1v) is 6.52. The Morgan fingerprint density at radius 3 is 2.88 bits per heavy atom. The lowest BCUT2D eigenvalue weighted by atomic mass is 10.2. The topological polar surface area (TPSA) is 63.3 Å². The Bertz CT molecular complexity index is 476. The summed E-state index contributed by atoms with van der Waals surface area (Å²) >= 11 is 3.25. The fraction of sp³-hybridized carbons (Fsp3) is 0.182. The fourth-order valence-corrected chi connectivity index (χ4v) is 3.14. The molecule has 84 valence electrons. The molecule has 0 aliphatic heterocycles. The van der Waals surface area contributed by atoms with E-state index in [1.807, 2.05) is 17.5 Å². The third kappa shape index (κ3) is 2.49. The highest BCUT2D eigenvalue weighted by molar-refractivity contribution is 7.16. The molecule has 0 bridgehead atoms. The molecule has 5 heteroatoms. The predicted octanol–water partition coefficient (Wildman–Crippen LogP) is 2.43. The van der Waals surface area contributed by atoms with Crippen LogP contribution in [0, 0.1) is 0 Å². The van der Waals surface area contributed by atoms with E-state index < -0.39 is 12.0 Å². The normalized spacial score (nSPS) is 12.6. The number of carboxylic acids is 1. The highest BCUT2D eigenvalue weighted by Crippen LogP contribution is 2.30. The van der Waals surface area contributed by atoms with Crippen LogP contribution < -0.4 is 5.73 Å². The molecular formula is C11H11NO2S2. The Kier molecular flexibility index (Phi) is 3.38. The number of carbonyl (C=O) groups is 1. The van der Waals surface area contributed by atoms with Crippen molar-refractivity contribution in [1.82, 2.24) is 0 Å². The largest absolute Gasteiger partial charge is 0.480 e. The fourth-order valence-electron chi connectivity index (χ4n) is 1.35. The average molecular weight is 253 g/mol. The van der Waals surface area contributed by atoms with Gasteiger partial charge < -0.3 is 10.8 Å². The van der Waals surface area contributed by atoms with E-state index in [1.54, 1.807) is 22.7 Å². The van der Waals surface area contributed by atoms with Crippen molar-refractivity contribution in [3.8, 4) is 10.4 Å². The summed E-state index contributed by atoms with van der Waals surface area (Å²) in [5.74, 6) is -0.953. The summed E-state index contributed by atoms with van der Waals surface area (Å²) in [5, 5.41) is 12.8. The van der Waals surface area contributed by atoms with Gasteiger partial charge in [0.05, 0.1) is 0 Å². The molecule has 1 unspecified atom stereocenters. The standard InChI is InChI=1S/C11H11NO2S2/c12-9(11(13)14)5-8-1-2-10(16-8)7-3-4-15-6-7/h1-4,6,9H,5,12H2,(H,13,14). The van der Waals surface area contributed by atoms with Crippen LogP contribution in [0.3, 0.4) is 0 Å². The van der Waals surface area contributed by atoms with Crippen molar-refractivity contribution >= 4 is 28.6 Å². The molecule has 0 spiro atoms. The molecule has 2 rings (SSSR count). The number of aliphatic carboxylic acids is 1. The minimum atomic E-state index is -0.953. The zero-order valence-corrected chi connectivity index (χ0v) is 10.1. The predicted molar refractivity (Wildman–Crippen MR) is 66.9 cm³/mol. The van der Waals surface area contributed by atoms with E-state index in [2.05, 4.69) is 11.4 Å². The van der Waals surface area contributed by atoms with E-state index in [0.29, 0.717) is 6.42 Å². The van der Waals surface area contributed by atoms with Crippen molar-refractivity contribution in [2.45, 2.75) is 12.5 Å². The van der Waals surface area contributed by atoms with Gasteiger partial charge in [-0.05, 0) is 29.0 Å². The van der Waals surface area contributed by atoms with Crippen LogP contribution in [0.15, 0.2) is 29.0 Å². The summed E-state index contributed by atoms with van der Waals surface area (Å²) in [5.41, 5.74) is 6.67. The Hall–Kier alpha value is -1.17. The molecule has 0 aliphatic rings. The second-order valence-corrected chi connectivity index (χ2v) is 5.38. The molecule has 0 aliphatic carbocycles. The van der Waals surface area contributed by atoms with Crippen LogP contribution in [0.2, 0.25) is 0 Å². The quantitative estimate of drug-likeness (QED) is 0.879. The van der Waals surface area contributed by atoms with Crippen molar-refractivity contribution in [3.05, 3.63) is 33.8 Å². The maximum absolute atomic E-state index is 10.6. The van der Waals surface area contributed by atoms with Crippen LogP contribution in [0.1, 0.15) is 4.88 Å². The van der Waals surface area contributed by atoms with E-state index in [-0.39, 0.29) is 0 Å². The number of thiophene rings is 2. The highest BCUT2D eigenvalue weighted by Gasteiger charge is 2.13. The van der Waals surface area contributed by atoms with E-state index in [4.69, 9.17) is 10.8 Å². The minimum Gasteiger partial charge on any atom is -0.480 e. The van der Waals surface area contributed by atoms with Crippen LogP contribution in [0.25, 0.3) is 10.4 Å². The van der Waals surface area contributed by atoms with E-state index in [9.17, 15) is 4.79 Å². The first-order valence-electron chi connectivity index (χ1n) is 4.76. The number of rotatable bonds is 4. The first-order chi connectivity index (χ1) is 7.66. The van der Waals surface area contributed by atoms with E-state index in [0.717, 1.165) is 9.75 Å². The van der Waals surface area contributed by atoms with Crippen molar-refractivity contribution in [2.75, 3.05) is 0 Å². The van der Waals surface area contributed by atoms with Gasteiger partial charge in [0.15, 0.2) is 0 Å². The molecule has 0 amide bonds. The summed E-state index contributed by atoms with van der Waals surface area (Å²) in [7, 11) is 0. The van der Waals surface area contributed by atoms with Crippen molar-refractivity contribution < 1.29 is 9.90 Å². The van der Waals surface area contributed by atoms with E-state index in [1.165, 1.54) is 5.56 Å². The maximum Gasteiger partial charge on any atom is 0.320 e. The summed E-state index contributed by atoms with van der Waals surface area (Å²) in [6.45, 7) is 0. The van der Waals surface area contributed by atoms with Crippen molar-refractivity contribution in [1.29, 1.82) is 0 Å². The van der Waals surface area contributed by atoms with Crippen molar-refractivity contribution in [3.63, 3.8) is 0 Å². The lowest BCUT2D eigenvalue weighted by Crippen LogP contribution is -2.31. The van der Waals surface area contributed by atoms with Gasteiger partial charge in [-0.15, -0.1) is 11.3 Å². The number of carboxylic acid groups (broad SMARTS) is 1. The molecule has 2 aromatic heterocycles. The monoisotopic (exact) mass is 253 g/mol. The van der Waals surface area contributed by atoms with Crippen LogP contribution in [0.4, 0.5) is 0 Å². The molecule has 2 heterocycles. The zero-order chi connectivity index (χ0) is 11.5. The third-order valence-electron chi connectivity index (χ3n) is 2.21. The van der Waals surface area contributed by atoms with Gasteiger partial charge >= 0.3 is 5.97 Å².